The van der Waals surface area contributed by atoms with Crippen LogP contribution in [0.3, 0.4) is 0 Å². The normalized spacial score (nSPS) is 20.7. The standard InChI is InChI=1S/C22H30N8O4Si/c1-14-12-29(21(31)24-20(14)34-30-17-10-8-7-9-15(17)26-28-30)19-11-16(25-27-23)18(33-19)13-32-35(5,6)22(2,3)4/h7-10,12,16,18-19H,11,13H2,1-6H3/t16-,18+,19+/m0/s1. The van der Waals surface area contributed by atoms with Gasteiger partial charge in [0.1, 0.15) is 17.3 Å². The van der Waals surface area contributed by atoms with Crippen molar-refractivity contribution in [1.82, 2.24) is 24.7 Å². The number of aryl methyl sites for hydroxylation is 1. The Hall–Kier alpha value is -3.25. The van der Waals surface area contributed by atoms with Gasteiger partial charge in [0.25, 0.3) is 5.88 Å². The van der Waals surface area contributed by atoms with E-state index in [9.17, 15) is 4.79 Å². The molecule has 0 unspecified atom stereocenters. The van der Waals surface area contributed by atoms with Gasteiger partial charge >= 0.3 is 5.69 Å². The predicted octanol–water partition coefficient (Wildman–Crippen LogP) is 4.13. The van der Waals surface area contributed by atoms with Crippen LogP contribution in [0.25, 0.3) is 21.5 Å². The molecule has 1 fully saturated rings. The second-order valence-corrected chi connectivity index (χ2v) is 15.0. The number of aromatic nitrogens is 5. The van der Waals surface area contributed by atoms with Crippen molar-refractivity contribution in [1.29, 1.82) is 0 Å². The van der Waals surface area contributed by atoms with Gasteiger partial charge in [-0.05, 0) is 47.9 Å². The highest BCUT2D eigenvalue weighted by Crippen LogP contribution is 2.38. The monoisotopic (exact) mass is 498 g/mol. The van der Waals surface area contributed by atoms with E-state index in [4.69, 9.17) is 19.5 Å². The Bertz CT molecular complexity index is 1320. The Morgan fingerprint density at radius 2 is 2.06 bits per heavy atom. The van der Waals surface area contributed by atoms with Crippen molar-refractivity contribution in [2.75, 3.05) is 6.61 Å². The lowest BCUT2D eigenvalue weighted by Crippen LogP contribution is -2.43. The predicted molar refractivity (Wildman–Crippen MR) is 131 cm³/mol. The summed E-state index contributed by atoms with van der Waals surface area (Å²) in [5.41, 5.74) is 10.4. The highest BCUT2D eigenvalue weighted by molar-refractivity contribution is 6.74. The number of ether oxygens (including phenoxy) is 1. The van der Waals surface area contributed by atoms with Gasteiger partial charge in [-0.15, -0.1) is 5.10 Å². The largest absolute Gasteiger partial charge is 0.414 e. The molecule has 0 aliphatic carbocycles. The van der Waals surface area contributed by atoms with Gasteiger partial charge in [0.2, 0.25) is 0 Å². The minimum Gasteiger partial charge on any atom is -0.414 e. The average molecular weight is 499 g/mol. The summed E-state index contributed by atoms with van der Waals surface area (Å²) >= 11 is 0. The van der Waals surface area contributed by atoms with Crippen LogP contribution >= 0.6 is 0 Å². The Kier molecular flexibility index (Phi) is 6.69. The average Bonchev–Trinajstić information content (AvgIpc) is 3.38. The lowest BCUT2D eigenvalue weighted by atomic mass is 10.1. The van der Waals surface area contributed by atoms with Crippen LogP contribution in [0.1, 0.15) is 39.0 Å². The van der Waals surface area contributed by atoms with Crippen LogP contribution in [-0.4, -0.2) is 51.8 Å². The van der Waals surface area contributed by atoms with E-state index in [1.807, 2.05) is 18.2 Å². The van der Waals surface area contributed by atoms with Crippen molar-refractivity contribution >= 4 is 19.4 Å². The molecule has 1 aliphatic heterocycles. The maximum absolute atomic E-state index is 12.9. The van der Waals surface area contributed by atoms with Gasteiger partial charge in [-0.1, -0.05) is 42.9 Å². The molecule has 0 saturated carbocycles. The molecule has 2 aromatic heterocycles. The van der Waals surface area contributed by atoms with E-state index in [0.29, 0.717) is 29.6 Å². The lowest BCUT2D eigenvalue weighted by molar-refractivity contribution is -0.0248. The summed E-state index contributed by atoms with van der Waals surface area (Å²) in [6.45, 7) is 12.8. The van der Waals surface area contributed by atoms with Gasteiger partial charge in [0.05, 0.1) is 18.8 Å². The zero-order valence-corrected chi connectivity index (χ0v) is 21.7. The molecule has 186 valence electrons. The molecule has 1 aromatic carbocycles. The molecule has 3 aromatic rings. The van der Waals surface area contributed by atoms with Gasteiger partial charge in [-0.2, -0.15) is 4.98 Å². The number of nitrogens with zero attached hydrogens (tertiary/aromatic N) is 8. The smallest absolute Gasteiger partial charge is 0.353 e. The van der Waals surface area contributed by atoms with Crippen LogP contribution in [0.15, 0.2) is 40.4 Å². The summed E-state index contributed by atoms with van der Waals surface area (Å²) in [5, 5.41) is 11.9. The zero-order valence-electron chi connectivity index (χ0n) is 20.7. The fourth-order valence-electron chi connectivity index (χ4n) is 3.58. The summed E-state index contributed by atoms with van der Waals surface area (Å²) < 4.78 is 13.8. The molecule has 1 aliphatic rings. The molecule has 4 rings (SSSR count). The first-order valence-corrected chi connectivity index (χ1v) is 14.3. The minimum atomic E-state index is -2.03. The first-order valence-electron chi connectivity index (χ1n) is 11.4. The quantitative estimate of drug-likeness (QED) is 0.206. The summed E-state index contributed by atoms with van der Waals surface area (Å²) in [5.74, 6) is 0.115. The Morgan fingerprint density at radius 1 is 1.31 bits per heavy atom. The van der Waals surface area contributed by atoms with Crippen molar-refractivity contribution < 1.29 is 14.0 Å². The third-order valence-corrected chi connectivity index (χ3v) is 11.2. The molecule has 1 saturated heterocycles. The van der Waals surface area contributed by atoms with Crippen LogP contribution in [0.5, 0.6) is 5.88 Å². The van der Waals surface area contributed by atoms with Gasteiger partial charge in [-0.3, -0.25) is 4.57 Å². The molecule has 35 heavy (non-hydrogen) atoms. The molecule has 3 atom stereocenters. The Morgan fingerprint density at radius 3 is 2.77 bits per heavy atom. The fourth-order valence-corrected chi connectivity index (χ4v) is 4.59. The third kappa shape index (κ3) is 5.08. The van der Waals surface area contributed by atoms with Crippen molar-refractivity contribution in [3.05, 3.63) is 57.0 Å². The van der Waals surface area contributed by atoms with E-state index >= 15 is 0 Å². The highest BCUT2D eigenvalue weighted by atomic mass is 28.4. The van der Waals surface area contributed by atoms with Crippen LogP contribution in [0.2, 0.25) is 18.1 Å². The zero-order chi connectivity index (χ0) is 25.4. The number of azide groups is 1. The minimum absolute atomic E-state index is 0.0300. The van der Waals surface area contributed by atoms with Gasteiger partial charge in [0.15, 0.2) is 8.32 Å². The summed E-state index contributed by atoms with van der Waals surface area (Å²) in [7, 11) is -2.03. The van der Waals surface area contributed by atoms with Crippen LogP contribution in [0, 0.1) is 6.92 Å². The number of hydrogen-bond donors (Lipinski definition) is 0. The summed E-state index contributed by atoms with van der Waals surface area (Å²) in [6.07, 6.45) is 0.858. The molecular formula is C22H30N8O4Si. The molecule has 0 amide bonds. The molecule has 3 heterocycles. The van der Waals surface area contributed by atoms with Crippen molar-refractivity contribution in [3.8, 4) is 5.88 Å². The van der Waals surface area contributed by atoms with Gasteiger partial charge in [-0.25, -0.2) is 4.79 Å². The SMILES string of the molecule is Cc1cn([C@H]2C[C@H](N=[N+]=[N-])[C@@H](CO[Si](C)(C)C(C)(C)C)O2)c(=O)nc1On1nnc2ccccc21. The number of para-hydroxylation sites is 1. The van der Waals surface area contributed by atoms with E-state index < -0.39 is 32.4 Å². The van der Waals surface area contributed by atoms with E-state index in [1.54, 1.807) is 19.2 Å². The number of benzene rings is 1. The summed E-state index contributed by atoms with van der Waals surface area (Å²) in [6, 6.07) is 6.84. The fraction of sp³-hybridized carbons (Fsp3) is 0.545. The molecular weight excluding hydrogens is 468 g/mol. The van der Waals surface area contributed by atoms with Gasteiger partial charge in [0, 0.05) is 23.1 Å². The highest BCUT2D eigenvalue weighted by Gasteiger charge is 2.41. The topological polar surface area (TPSA) is 142 Å². The molecule has 0 radical (unpaired) electrons. The Labute approximate surface area is 203 Å². The second-order valence-electron chi connectivity index (χ2n) is 10.2. The van der Waals surface area contributed by atoms with E-state index in [2.05, 4.69) is 59.2 Å². The number of hydrogen-bond acceptors (Lipinski definition) is 8. The molecule has 0 N–H and O–H groups in total. The van der Waals surface area contributed by atoms with Crippen molar-refractivity contribution in [2.24, 2.45) is 5.11 Å². The van der Waals surface area contributed by atoms with Crippen molar-refractivity contribution in [3.63, 3.8) is 0 Å². The van der Waals surface area contributed by atoms with Crippen LogP contribution in [-0.2, 0) is 9.16 Å². The van der Waals surface area contributed by atoms with E-state index in [-0.39, 0.29) is 10.9 Å². The maximum Gasteiger partial charge on any atom is 0.353 e. The molecule has 13 heteroatoms. The van der Waals surface area contributed by atoms with E-state index in [0.717, 1.165) is 0 Å². The van der Waals surface area contributed by atoms with Gasteiger partial charge < -0.3 is 14.0 Å². The van der Waals surface area contributed by atoms with Crippen LogP contribution in [0.4, 0.5) is 0 Å². The number of rotatable bonds is 7. The van der Waals surface area contributed by atoms with Crippen molar-refractivity contribution in [2.45, 2.75) is 70.6 Å². The maximum atomic E-state index is 12.9. The first-order chi connectivity index (χ1) is 16.5. The second kappa shape index (κ2) is 9.42. The number of fused-ring (bicyclic) bond motifs is 1. The third-order valence-electron chi connectivity index (χ3n) is 6.71. The molecule has 12 nitrogen and oxygen atoms in total. The molecule has 0 bridgehead atoms. The Balaban J connectivity index is 1.54. The lowest BCUT2D eigenvalue weighted by Gasteiger charge is -2.37. The summed E-state index contributed by atoms with van der Waals surface area (Å²) in [4.78, 5) is 27.0. The first kappa shape index (κ1) is 24.9. The molecule has 0 spiro atoms. The van der Waals surface area contributed by atoms with Crippen LogP contribution < -0.4 is 10.5 Å². The van der Waals surface area contributed by atoms with E-state index in [1.165, 1.54) is 9.41 Å².